The van der Waals surface area contributed by atoms with Crippen LogP contribution in [0.2, 0.25) is 0 Å². The predicted octanol–water partition coefficient (Wildman–Crippen LogP) is 3.98. The van der Waals surface area contributed by atoms with Crippen LogP contribution in [0.25, 0.3) is 11.4 Å². The maximum absolute atomic E-state index is 8.70. The molecule has 2 rings (SSSR count). The first kappa shape index (κ1) is 12.3. The molecule has 3 nitrogen and oxygen atoms in total. The molecule has 86 valence electrons. The summed E-state index contributed by atoms with van der Waals surface area (Å²) in [6, 6.07) is 8.02. The Labute approximate surface area is 116 Å². The van der Waals surface area contributed by atoms with Crippen LogP contribution < -0.4 is 0 Å². The van der Waals surface area contributed by atoms with Crippen LogP contribution in [0.5, 0.6) is 0 Å². The van der Waals surface area contributed by atoms with Crippen LogP contribution in [0, 0.1) is 18.3 Å². The summed E-state index contributed by atoms with van der Waals surface area (Å²) in [5, 5.41) is 8.70. The fourth-order valence-electron chi connectivity index (χ4n) is 1.55. The van der Waals surface area contributed by atoms with E-state index in [9.17, 15) is 0 Å². The van der Waals surface area contributed by atoms with Gasteiger partial charge in [-0.15, -0.1) is 0 Å². The minimum Gasteiger partial charge on any atom is -0.342 e. The molecule has 1 heterocycles. The molecule has 0 spiro atoms. The number of benzene rings is 1. The molecular formula is C12H9Br2N3. The van der Waals surface area contributed by atoms with E-state index in [1.54, 1.807) is 0 Å². The van der Waals surface area contributed by atoms with E-state index in [1.807, 2.05) is 25.1 Å². The molecule has 17 heavy (non-hydrogen) atoms. The topological polar surface area (TPSA) is 52.5 Å². The number of halogens is 2. The molecule has 0 atom stereocenters. The molecular weight excluding hydrogens is 346 g/mol. The van der Waals surface area contributed by atoms with Gasteiger partial charge in [0.2, 0.25) is 0 Å². The van der Waals surface area contributed by atoms with E-state index in [4.69, 9.17) is 5.26 Å². The molecule has 0 bridgehead atoms. The first-order chi connectivity index (χ1) is 8.11. The number of imidazole rings is 1. The number of hydrogen-bond donors (Lipinski definition) is 1. The number of aryl methyl sites for hydroxylation is 1. The van der Waals surface area contributed by atoms with Gasteiger partial charge in [0.1, 0.15) is 5.82 Å². The van der Waals surface area contributed by atoms with Crippen molar-refractivity contribution >= 4 is 31.9 Å². The average molecular weight is 355 g/mol. The summed E-state index contributed by atoms with van der Waals surface area (Å²) in [6.45, 7) is 1.93. The highest BCUT2D eigenvalue weighted by molar-refractivity contribution is 9.11. The van der Waals surface area contributed by atoms with Crippen molar-refractivity contribution in [2.45, 2.75) is 13.3 Å². The van der Waals surface area contributed by atoms with E-state index in [0.29, 0.717) is 6.42 Å². The van der Waals surface area contributed by atoms with Gasteiger partial charge in [-0.3, -0.25) is 0 Å². The maximum Gasteiger partial charge on any atom is 0.139 e. The largest absolute Gasteiger partial charge is 0.342 e. The van der Waals surface area contributed by atoms with Gasteiger partial charge in [0.25, 0.3) is 0 Å². The van der Waals surface area contributed by atoms with Crippen LogP contribution in [0.4, 0.5) is 0 Å². The minimum absolute atomic E-state index is 0.330. The lowest BCUT2D eigenvalue weighted by molar-refractivity contribution is 1.12. The third-order valence-electron chi connectivity index (χ3n) is 2.42. The quantitative estimate of drug-likeness (QED) is 0.886. The lowest BCUT2D eigenvalue weighted by Gasteiger charge is -2.01. The second kappa shape index (κ2) is 5.03. The van der Waals surface area contributed by atoms with Gasteiger partial charge in [-0.1, -0.05) is 15.9 Å². The highest BCUT2D eigenvalue weighted by Crippen LogP contribution is 2.29. The number of nitrogens with zero attached hydrogens (tertiary/aromatic N) is 2. The van der Waals surface area contributed by atoms with Gasteiger partial charge in [0.15, 0.2) is 0 Å². The zero-order valence-corrected chi connectivity index (χ0v) is 12.3. The van der Waals surface area contributed by atoms with Crippen molar-refractivity contribution in [3.63, 3.8) is 0 Å². The van der Waals surface area contributed by atoms with Gasteiger partial charge >= 0.3 is 0 Å². The number of nitrogens with one attached hydrogen (secondary N) is 1. The smallest absolute Gasteiger partial charge is 0.139 e. The van der Waals surface area contributed by atoms with Gasteiger partial charge in [0, 0.05) is 20.2 Å². The maximum atomic E-state index is 8.70. The number of rotatable bonds is 2. The van der Waals surface area contributed by atoms with Gasteiger partial charge in [0.05, 0.1) is 18.2 Å². The highest BCUT2D eigenvalue weighted by Gasteiger charge is 2.10. The molecule has 2 aromatic rings. The third-order valence-corrected chi connectivity index (χ3v) is 3.57. The fourth-order valence-corrected chi connectivity index (χ4v) is 2.79. The summed E-state index contributed by atoms with van der Waals surface area (Å²) in [4.78, 5) is 7.64. The minimum atomic E-state index is 0.330. The number of aromatic amines is 1. The van der Waals surface area contributed by atoms with Crippen molar-refractivity contribution in [1.82, 2.24) is 9.97 Å². The molecule has 0 saturated heterocycles. The Morgan fingerprint density at radius 3 is 2.82 bits per heavy atom. The van der Waals surface area contributed by atoms with Crippen molar-refractivity contribution in [3.05, 3.63) is 38.5 Å². The van der Waals surface area contributed by atoms with Crippen LogP contribution in [0.15, 0.2) is 27.1 Å². The summed E-state index contributed by atoms with van der Waals surface area (Å²) in [5.74, 6) is 0.784. The summed E-state index contributed by atoms with van der Waals surface area (Å²) in [6.07, 6.45) is 0.330. The number of aromatic nitrogens is 2. The second-order valence-corrected chi connectivity index (χ2v) is 5.39. The molecule has 0 radical (unpaired) electrons. The summed E-state index contributed by atoms with van der Waals surface area (Å²) >= 11 is 6.91. The molecule has 0 fully saturated rings. The van der Waals surface area contributed by atoms with E-state index >= 15 is 0 Å². The van der Waals surface area contributed by atoms with Crippen LogP contribution >= 0.6 is 31.9 Å². The summed E-state index contributed by atoms with van der Waals surface area (Å²) < 4.78 is 1.97. The summed E-state index contributed by atoms with van der Waals surface area (Å²) in [7, 11) is 0. The molecule has 0 aliphatic carbocycles. The van der Waals surface area contributed by atoms with Crippen molar-refractivity contribution in [1.29, 1.82) is 5.26 Å². The molecule has 1 N–H and O–H groups in total. The summed E-state index contributed by atoms with van der Waals surface area (Å²) in [5.41, 5.74) is 2.73. The predicted molar refractivity (Wildman–Crippen MR) is 73.5 cm³/mol. The van der Waals surface area contributed by atoms with Crippen LogP contribution in [0.1, 0.15) is 11.4 Å². The van der Waals surface area contributed by atoms with Crippen molar-refractivity contribution < 1.29 is 0 Å². The first-order valence-corrected chi connectivity index (χ1v) is 6.58. The van der Waals surface area contributed by atoms with E-state index < -0.39 is 0 Å². The van der Waals surface area contributed by atoms with Gasteiger partial charge in [-0.05, 0) is 41.1 Å². The van der Waals surface area contributed by atoms with E-state index in [-0.39, 0.29) is 0 Å². The molecule has 1 aromatic heterocycles. The van der Waals surface area contributed by atoms with Crippen molar-refractivity contribution in [3.8, 4) is 17.5 Å². The Morgan fingerprint density at radius 2 is 2.18 bits per heavy atom. The van der Waals surface area contributed by atoms with Crippen LogP contribution in [0.3, 0.4) is 0 Å². The molecule has 1 aromatic carbocycles. The van der Waals surface area contributed by atoms with Gasteiger partial charge in [-0.2, -0.15) is 5.26 Å². The van der Waals surface area contributed by atoms with E-state index in [2.05, 4.69) is 47.9 Å². The fraction of sp³-hybridized carbons (Fsp3) is 0.167. The molecule has 5 heteroatoms. The number of H-pyrrole nitrogens is 1. The Kier molecular flexibility index (Phi) is 3.65. The molecule has 0 unspecified atom stereocenters. The monoisotopic (exact) mass is 353 g/mol. The van der Waals surface area contributed by atoms with Gasteiger partial charge in [-0.25, -0.2) is 4.98 Å². The zero-order valence-electron chi connectivity index (χ0n) is 9.09. The first-order valence-electron chi connectivity index (χ1n) is 4.99. The molecule has 0 saturated carbocycles. The standard InChI is InChI=1S/C12H9Br2N3/c1-7-11(4-5-15)17-12(16-7)9-3-2-8(13)6-10(9)14/h2-3,6H,4H2,1H3,(H,16,17). The Balaban J connectivity index is 2.47. The zero-order chi connectivity index (χ0) is 12.4. The average Bonchev–Trinajstić information content (AvgIpc) is 2.60. The Bertz CT molecular complexity index is 596. The SMILES string of the molecule is Cc1[nH]c(-c2ccc(Br)cc2Br)nc1CC#N. The molecule has 0 aliphatic rings. The molecule has 0 aliphatic heterocycles. The van der Waals surface area contributed by atoms with Crippen LogP contribution in [-0.4, -0.2) is 9.97 Å². The Hall–Kier alpha value is -1.12. The number of nitriles is 1. The second-order valence-electron chi connectivity index (χ2n) is 3.62. The highest BCUT2D eigenvalue weighted by atomic mass is 79.9. The van der Waals surface area contributed by atoms with E-state index in [1.165, 1.54) is 0 Å². The van der Waals surface area contributed by atoms with E-state index in [0.717, 1.165) is 31.7 Å². The van der Waals surface area contributed by atoms with Crippen LogP contribution in [-0.2, 0) is 6.42 Å². The lowest BCUT2D eigenvalue weighted by atomic mass is 10.2. The van der Waals surface area contributed by atoms with Crippen molar-refractivity contribution in [2.75, 3.05) is 0 Å². The third kappa shape index (κ3) is 2.59. The number of hydrogen-bond acceptors (Lipinski definition) is 2. The lowest BCUT2D eigenvalue weighted by Crippen LogP contribution is -1.85. The Morgan fingerprint density at radius 1 is 1.41 bits per heavy atom. The normalized spacial score (nSPS) is 10.2. The van der Waals surface area contributed by atoms with Crippen molar-refractivity contribution in [2.24, 2.45) is 0 Å². The molecule has 0 amide bonds. The van der Waals surface area contributed by atoms with Gasteiger partial charge < -0.3 is 4.98 Å².